The molecule has 0 amide bonds. The third kappa shape index (κ3) is 3.10. The van der Waals surface area contributed by atoms with Crippen LogP contribution in [0.5, 0.6) is 0 Å². The lowest BCUT2D eigenvalue weighted by Gasteiger charge is -2.32. The fourth-order valence-electron chi connectivity index (χ4n) is 3.87. The van der Waals surface area contributed by atoms with E-state index in [-0.39, 0.29) is 18.1 Å². The van der Waals surface area contributed by atoms with E-state index < -0.39 is 0 Å². The van der Waals surface area contributed by atoms with E-state index in [1.165, 1.54) is 11.4 Å². The standard InChI is InChI=1S/C21H23N5S/c1-14(2)25-20(19(24-21(25)27)17-8-4-5-12-23-17)18-10-9-15(3)26(18)16-7-6-11-22-13-16/h4-14,19-20H,1-3H3,(H,24,27)/t19-,20+/m0/s1. The van der Waals surface area contributed by atoms with E-state index >= 15 is 0 Å². The summed E-state index contributed by atoms with van der Waals surface area (Å²) in [7, 11) is 0. The van der Waals surface area contributed by atoms with E-state index in [2.05, 4.69) is 69.8 Å². The zero-order valence-electron chi connectivity index (χ0n) is 15.7. The molecule has 0 aromatic carbocycles. The lowest BCUT2D eigenvalue weighted by atomic mass is 10.0. The Kier molecular flexibility index (Phi) is 4.66. The molecule has 1 aliphatic heterocycles. The smallest absolute Gasteiger partial charge is 0.170 e. The number of pyridine rings is 2. The van der Waals surface area contributed by atoms with E-state index in [4.69, 9.17) is 12.2 Å². The van der Waals surface area contributed by atoms with Gasteiger partial charge >= 0.3 is 0 Å². The minimum Gasteiger partial charge on any atom is -0.352 e. The van der Waals surface area contributed by atoms with Crippen molar-refractivity contribution in [2.75, 3.05) is 0 Å². The van der Waals surface area contributed by atoms with Crippen molar-refractivity contribution in [3.8, 4) is 5.69 Å². The van der Waals surface area contributed by atoms with E-state index in [0.717, 1.165) is 16.5 Å². The van der Waals surface area contributed by atoms with Crippen molar-refractivity contribution >= 4 is 17.3 Å². The Morgan fingerprint density at radius 3 is 2.59 bits per heavy atom. The number of rotatable bonds is 4. The van der Waals surface area contributed by atoms with Gasteiger partial charge in [-0.25, -0.2) is 0 Å². The minimum absolute atomic E-state index is 0.00850. The lowest BCUT2D eigenvalue weighted by molar-refractivity contribution is 0.262. The predicted octanol–water partition coefficient (Wildman–Crippen LogP) is 3.96. The first-order valence-electron chi connectivity index (χ1n) is 9.16. The van der Waals surface area contributed by atoms with Gasteiger partial charge in [-0.15, -0.1) is 0 Å². The van der Waals surface area contributed by atoms with Gasteiger partial charge in [0.15, 0.2) is 5.11 Å². The number of thiocarbonyl (C=S) groups is 1. The van der Waals surface area contributed by atoms with Gasteiger partial charge < -0.3 is 14.8 Å². The van der Waals surface area contributed by atoms with Gasteiger partial charge in [-0.1, -0.05) is 6.07 Å². The second-order valence-electron chi connectivity index (χ2n) is 7.07. The Balaban J connectivity index is 1.88. The van der Waals surface area contributed by atoms with Crippen molar-refractivity contribution in [2.24, 2.45) is 0 Å². The molecule has 1 saturated heterocycles. The summed E-state index contributed by atoms with van der Waals surface area (Å²) in [6.07, 6.45) is 5.53. The Hall–Kier alpha value is -2.73. The van der Waals surface area contributed by atoms with Crippen molar-refractivity contribution in [3.05, 3.63) is 78.1 Å². The molecule has 0 saturated carbocycles. The summed E-state index contributed by atoms with van der Waals surface area (Å²) in [5.41, 5.74) is 4.39. The molecule has 0 spiro atoms. The Morgan fingerprint density at radius 2 is 1.93 bits per heavy atom. The van der Waals surface area contributed by atoms with E-state index in [1.807, 2.05) is 30.6 Å². The molecule has 27 heavy (non-hydrogen) atoms. The molecule has 4 rings (SSSR count). The van der Waals surface area contributed by atoms with Crippen LogP contribution in [0.2, 0.25) is 0 Å². The van der Waals surface area contributed by atoms with Gasteiger partial charge in [0, 0.05) is 29.8 Å². The third-order valence-electron chi connectivity index (χ3n) is 5.01. The first-order chi connectivity index (χ1) is 13.1. The molecule has 5 nitrogen and oxygen atoms in total. The first kappa shape index (κ1) is 17.7. The van der Waals surface area contributed by atoms with E-state index in [1.54, 1.807) is 6.20 Å². The maximum absolute atomic E-state index is 5.70. The van der Waals surface area contributed by atoms with E-state index in [9.17, 15) is 0 Å². The maximum Gasteiger partial charge on any atom is 0.170 e. The molecule has 6 heteroatoms. The summed E-state index contributed by atoms with van der Waals surface area (Å²) in [5, 5.41) is 4.27. The highest BCUT2D eigenvalue weighted by Gasteiger charge is 2.42. The molecule has 1 aliphatic rings. The SMILES string of the molecule is Cc1ccc([C@@H]2[C@H](c3ccccn3)NC(=S)N2C(C)C)n1-c1cccnc1. The van der Waals surface area contributed by atoms with Crippen molar-refractivity contribution in [1.82, 2.24) is 24.8 Å². The van der Waals surface area contributed by atoms with Crippen LogP contribution in [-0.2, 0) is 0 Å². The van der Waals surface area contributed by atoms with Crippen molar-refractivity contribution in [1.29, 1.82) is 0 Å². The highest BCUT2D eigenvalue weighted by molar-refractivity contribution is 7.80. The molecule has 1 fully saturated rings. The zero-order valence-corrected chi connectivity index (χ0v) is 16.5. The quantitative estimate of drug-likeness (QED) is 0.698. The van der Waals surface area contributed by atoms with Crippen LogP contribution in [0.25, 0.3) is 5.69 Å². The highest BCUT2D eigenvalue weighted by Crippen LogP contribution is 2.41. The molecule has 1 N–H and O–H groups in total. The first-order valence-corrected chi connectivity index (χ1v) is 9.57. The van der Waals surface area contributed by atoms with Gasteiger partial charge in [-0.2, -0.15) is 0 Å². The number of hydrogen-bond donors (Lipinski definition) is 1. The number of nitrogens with one attached hydrogen (secondary N) is 1. The fraction of sp³-hybridized carbons (Fsp3) is 0.286. The topological polar surface area (TPSA) is 46.0 Å². The van der Waals surface area contributed by atoms with Crippen LogP contribution in [0.3, 0.4) is 0 Å². The van der Waals surface area contributed by atoms with Crippen LogP contribution in [0, 0.1) is 6.92 Å². The van der Waals surface area contributed by atoms with Gasteiger partial charge in [0.25, 0.3) is 0 Å². The molecule has 3 aromatic rings. The van der Waals surface area contributed by atoms with Crippen LogP contribution < -0.4 is 5.32 Å². The van der Waals surface area contributed by atoms with Crippen molar-refractivity contribution in [3.63, 3.8) is 0 Å². The predicted molar refractivity (Wildman–Crippen MR) is 111 cm³/mol. The minimum atomic E-state index is -0.00850. The molecule has 0 unspecified atom stereocenters. The van der Waals surface area contributed by atoms with Gasteiger partial charge in [-0.05, 0) is 69.4 Å². The second kappa shape index (κ2) is 7.12. The molecule has 2 atom stereocenters. The maximum atomic E-state index is 5.70. The molecule has 0 bridgehead atoms. The van der Waals surface area contributed by atoms with E-state index in [0.29, 0.717) is 0 Å². The largest absolute Gasteiger partial charge is 0.352 e. The molecule has 138 valence electrons. The lowest BCUT2D eigenvalue weighted by Crippen LogP contribution is -2.36. The third-order valence-corrected chi connectivity index (χ3v) is 5.33. The molecule has 4 heterocycles. The van der Waals surface area contributed by atoms with Crippen molar-refractivity contribution < 1.29 is 0 Å². The second-order valence-corrected chi connectivity index (χ2v) is 7.46. The number of hydrogen-bond acceptors (Lipinski definition) is 3. The number of aryl methyl sites for hydroxylation is 1. The molecule has 3 aromatic heterocycles. The summed E-state index contributed by atoms with van der Waals surface area (Å²) in [6.45, 7) is 6.46. The molecule has 0 radical (unpaired) electrons. The van der Waals surface area contributed by atoms with Crippen LogP contribution >= 0.6 is 12.2 Å². The summed E-state index contributed by atoms with van der Waals surface area (Å²) in [6, 6.07) is 14.7. The Morgan fingerprint density at radius 1 is 1.07 bits per heavy atom. The van der Waals surface area contributed by atoms with Crippen LogP contribution in [-0.4, -0.2) is 30.6 Å². The normalized spacial score (nSPS) is 19.6. The summed E-state index contributed by atoms with van der Waals surface area (Å²) < 4.78 is 2.26. The monoisotopic (exact) mass is 377 g/mol. The Bertz CT molecular complexity index is 936. The zero-order chi connectivity index (χ0) is 19.0. The van der Waals surface area contributed by atoms with Gasteiger partial charge in [0.1, 0.15) is 0 Å². The Labute approximate surface area is 165 Å². The molecular formula is C21H23N5S. The average Bonchev–Trinajstić information content (AvgIpc) is 3.22. The van der Waals surface area contributed by atoms with Crippen LogP contribution in [0.1, 0.15) is 43.0 Å². The summed E-state index contributed by atoms with van der Waals surface area (Å²) in [5.74, 6) is 0. The van der Waals surface area contributed by atoms with Crippen LogP contribution in [0.15, 0.2) is 61.1 Å². The highest BCUT2D eigenvalue weighted by atomic mass is 32.1. The summed E-state index contributed by atoms with van der Waals surface area (Å²) >= 11 is 5.70. The number of aromatic nitrogens is 3. The number of nitrogens with zero attached hydrogens (tertiary/aromatic N) is 4. The average molecular weight is 378 g/mol. The fourth-order valence-corrected chi connectivity index (χ4v) is 4.32. The summed E-state index contributed by atoms with van der Waals surface area (Å²) in [4.78, 5) is 11.2. The van der Waals surface area contributed by atoms with Gasteiger partial charge in [0.2, 0.25) is 0 Å². The van der Waals surface area contributed by atoms with Crippen LogP contribution in [0.4, 0.5) is 0 Å². The van der Waals surface area contributed by atoms with Crippen molar-refractivity contribution in [2.45, 2.75) is 38.9 Å². The molecular weight excluding hydrogens is 354 g/mol. The van der Waals surface area contributed by atoms with Gasteiger partial charge in [-0.3, -0.25) is 9.97 Å². The van der Waals surface area contributed by atoms with Gasteiger partial charge in [0.05, 0.1) is 29.7 Å². The molecule has 0 aliphatic carbocycles.